The average molecular weight is 493 g/mol. The summed E-state index contributed by atoms with van der Waals surface area (Å²) in [7, 11) is -0.670. The molecule has 0 N–H and O–H groups in total. The number of nitrogens with zero attached hydrogens (tertiary/aromatic N) is 4. The van der Waals surface area contributed by atoms with Gasteiger partial charge in [0.1, 0.15) is 17.1 Å². The lowest BCUT2D eigenvalue weighted by molar-refractivity contribution is -0.0912. The Bertz CT molecular complexity index is 1380. The summed E-state index contributed by atoms with van der Waals surface area (Å²) < 4.78 is 72.1. The van der Waals surface area contributed by atoms with Crippen LogP contribution >= 0.6 is 0 Å². The van der Waals surface area contributed by atoms with Gasteiger partial charge in [-0.15, -0.1) is 0 Å². The monoisotopic (exact) mass is 492 g/mol. The number of benzene rings is 1. The molecule has 1 aromatic carbocycles. The number of hydrogen-bond donors (Lipinski definition) is 0. The van der Waals surface area contributed by atoms with Crippen LogP contribution in [0.25, 0.3) is 28.7 Å². The van der Waals surface area contributed by atoms with Crippen molar-refractivity contribution in [3.05, 3.63) is 53.6 Å². The molecule has 2 heterocycles. The number of halogens is 3. The predicted molar refractivity (Wildman–Crippen MR) is 124 cm³/mol. The highest BCUT2D eigenvalue weighted by Gasteiger charge is 2.34. The Morgan fingerprint density at radius 2 is 1.97 bits per heavy atom. The molecular formula is C23H23F3N4O3S. The molecule has 0 atom stereocenters. The van der Waals surface area contributed by atoms with Crippen LogP contribution < -0.4 is 4.74 Å². The normalized spacial score (nSPS) is 12.6. The van der Waals surface area contributed by atoms with E-state index in [1.807, 2.05) is 0 Å². The second kappa shape index (κ2) is 9.41. The lowest BCUT2D eigenvalue weighted by Gasteiger charge is -2.12. The van der Waals surface area contributed by atoms with Crippen molar-refractivity contribution in [1.82, 2.24) is 14.5 Å². The first-order valence-corrected chi connectivity index (χ1v) is 11.7. The Morgan fingerprint density at radius 1 is 1.26 bits per heavy atom. The summed E-state index contributed by atoms with van der Waals surface area (Å²) in [5.41, 5.74) is 0.421. The van der Waals surface area contributed by atoms with Crippen LogP contribution in [0, 0.1) is 6.92 Å². The van der Waals surface area contributed by atoms with Gasteiger partial charge in [-0.2, -0.15) is 13.2 Å². The summed E-state index contributed by atoms with van der Waals surface area (Å²) in [6, 6.07) is 8.54. The molecule has 0 aliphatic heterocycles. The number of imidazole rings is 1. The number of aliphatic imine (C=N–C) groups is 1. The van der Waals surface area contributed by atoms with Crippen LogP contribution in [-0.4, -0.2) is 48.7 Å². The van der Waals surface area contributed by atoms with Gasteiger partial charge in [-0.25, -0.2) is 13.4 Å². The lowest BCUT2D eigenvalue weighted by Crippen LogP contribution is -2.09. The van der Waals surface area contributed by atoms with Gasteiger partial charge in [0.15, 0.2) is 15.7 Å². The first-order chi connectivity index (χ1) is 15.9. The molecular weight excluding hydrogens is 469 g/mol. The van der Waals surface area contributed by atoms with Gasteiger partial charge in [0.25, 0.3) is 0 Å². The standard InChI is InChI=1S/C23H23F3N4O3S/c1-6-34(31,32)19-11-16(15-8-7-9-17(10-15)33-5)13-28-21(19)22-29-18(14(2)30(22)4)12-20(27-3)23(24,25)26/h7-13H,3,6H2,1-2,4-5H3/b20-12-. The quantitative estimate of drug-likeness (QED) is 0.440. The van der Waals surface area contributed by atoms with E-state index >= 15 is 0 Å². The van der Waals surface area contributed by atoms with Gasteiger partial charge in [0.2, 0.25) is 0 Å². The molecule has 34 heavy (non-hydrogen) atoms. The Balaban J connectivity index is 2.24. The zero-order chi connectivity index (χ0) is 25.3. The number of methoxy groups -OCH3 is 1. The third-order valence-electron chi connectivity index (χ3n) is 5.33. The van der Waals surface area contributed by atoms with Crippen molar-refractivity contribution >= 4 is 22.6 Å². The number of alkyl halides is 3. The molecule has 0 bridgehead atoms. The van der Waals surface area contributed by atoms with E-state index in [0.29, 0.717) is 22.6 Å². The highest BCUT2D eigenvalue weighted by molar-refractivity contribution is 7.91. The molecule has 0 fully saturated rings. The van der Waals surface area contributed by atoms with E-state index in [9.17, 15) is 21.6 Å². The zero-order valence-corrected chi connectivity index (χ0v) is 19.8. The van der Waals surface area contributed by atoms with Gasteiger partial charge in [-0.05, 0) is 43.5 Å². The highest BCUT2D eigenvalue weighted by Crippen LogP contribution is 2.33. The second-order valence-electron chi connectivity index (χ2n) is 7.36. The van der Waals surface area contributed by atoms with Crippen molar-refractivity contribution in [2.45, 2.75) is 24.9 Å². The zero-order valence-electron chi connectivity index (χ0n) is 19.0. The van der Waals surface area contributed by atoms with Gasteiger partial charge >= 0.3 is 6.18 Å². The molecule has 0 aliphatic carbocycles. The Hall–Kier alpha value is -3.47. The molecule has 7 nitrogen and oxygen atoms in total. The number of ether oxygens (including phenoxy) is 1. The fraction of sp³-hybridized carbons (Fsp3) is 0.261. The van der Waals surface area contributed by atoms with E-state index < -0.39 is 21.7 Å². The van der Waals surface area contributed by atoms with Gasteiger partial charge in [0.05, 0.1) is 23.5 Å². The van der Waals surface area contributed by atoms with E-state index in [2.05, 4.69) is 21.7 Å². The molecule has 0 unspecified atom stereocenters. The molecule has 11 heteroatoms. The highest BCUT2D eigenvalue weighted by atomic mass is 32.2. The fourth-order valence-electron chi connectivity index (χ4n) is 3.26. The minimum atomic E-state index is -4.71. The van der Waals surface area contributed by atoms with Crippen LogP contribution in [0.1, 0.15) is 18.3 Å². The summed E-state index contributed by atoms with van der Waals surface area (Å²) in [6.07, 6.45) is -2.45. The summed E-state index contributed by atoms with van der Waals surface area (Å²) >= 11 is 0. The van der Waals surface area contributed by atoms with E-state index in [-0.39, 0.29) is 27.9 Å². The van der Waals surface area contributed by atoms with E-state index in [1.165, 1.54) is 30.9 Å². The largest absolute Gasteiger partial charge is 0.497 e. The average Bonchev–Trinajstić information content (AvgIpc) is 3.09. The maximum Gasteiger partial charge on any atom is 0.433 e. The summed E-state index contributed by atoms with van der Waals surface area (Å²) in [5.74, 6) is 0.505. The van der Waals surface area contributed by atoms with Gasteiger partial charge in [0, 0.05) is 24.5 Å². The van der Waals surface area contributed by atoms with Crippen LogP contribution in [0.3, 0.4) is 0 Å². The van der Waals surface area contributed by atoms with Crippen LogP contribution in [0.15, 0.2) is 52.1 Å². The molecule has 0 spiro atoms. The van der Waals surface area contributed by atoms with Crippen molar-refractivity contribution in [2.24, 2.45) is 12.0 Å². The number of hydrogen-bond acceptors (Lipinski definition) is 6. The number of pyridine rings is 1. The lowest BCUT2D eigenvalue weighted by atomic mass is 10.1. The minimum Gasteiger partial charge on any atom is -0.497 e. The molecule has 0 aliphatic rings. The number of aromatic nitrogens is 3. The maximum absolute atomic E-state index is 13.2. The van der Waals surface area contributed by atoms with Crippen LogP contribution in [0.5, 0.6) is 5.75 Å². The van der Waals surface area contributed by atoms with Crippen molar-refractivity contribution in [1.29, 1.82) is 0 Å². The fourth-order valence-corrected chi connectivity index (χ4v) is 4.32. The van der Waals surface area contributed by atoms with Crippen LogP contribution in [0.2, 0.25) is 0 Å². The molecule has 180 valence electrons. The molecule has 0 saturated heterocycles. The second-order valence-corrected chi connectivity index (χ2v) is 9.60. The molecule has 0 radical (unpaired) electrons. The predicted octanol–water partition coefficient (Wildman–Crippen LogP) is 4.86. The minimum absolute atomic E-state index is 0.0178. The van der Waals surface area contributed by atoms with Crippen molar-refractivity contribution in [3.8, 4) is 28.4 Å². The molecule has 3 aromatic rings. The van der Waals surface area contributed by atoms with Crippen molar-refractivity contribution in [2.75, 3.05) is 12.9 Å². The van der Waals surface area contributed by atoms with E-state index in [4.69, 9.17) is 4.74 Å². The SMILES string of the molecule is C=N/C(=C\c1nc(-c2ncc(-c3cccc(OC)c3)cc2S(=O)(=O)CC)n(C)c1C)C(F)(F)F. The summed E-state index contributed by atoms with van der Waals surface area (Å²) in [5, 5.41) is 0. The maximum atomic E-state index is 13.2. The molecule has 2 aromatic heterocycles. The number of rotatable bonds is 7. The molecule has 3 rings (SSSR count). The van der Waals surface area contributed by atoms with Crippen molar-refractivity contribution in [3.63, 3.8) is 0 Å². The smallest absolute Gasteiger partial charge is 0.433 e. The van der Waals surface area contributed by atoms with Crippen LogP contribution in [0.4, 0.5) is 13.2 Å². The first-order valence-electron chi connectivity index (χ1n) is 10.1. The Labute approximate surface area is 195 Å². The Morgan fingerprint density at radius 3 is 2.56 bits per heavy atom. The van der Waals surface area contributed by atoms with Gasteiger partial charge in [-0.3, -0.25) is 9.98 Å². The Kier molecular flexibility index (Phi) is 6.97. The van der Waals surface area contributed by atoms with E-state index in [1.54, 1.807) is 38.2 Å². The third kappa shape index (κ3) is 4.89. The summed E-state index contributed by atoms with van der Waals surface area (Å²) in [6.45, 7) is 6.04. The molecule has 0 saturated carbocycles. The van der Waals surface area contributed by atoms with Crippen LogP contribution in [-0.2, 0) is 16.9 Å². The topological polar surface area (TPSA) is 86.4 Å². The van der Waals surface area contributed by atoms with E-state index in [0.717, 1.165) is 6.08 Å². The van der Waals surface area contributed by atoms with Crippen molar-refractivity contribution < 1.29 is 26.3 Å². The first kappa shape index (κ1) is 25.2. The molecule has 0 amide bonds. The third-order valence-corrected chi connectivity index (χ3v) is 7.08. The number of allylic oxidation sites excluding steroid dienone is 1. The van der Waals surface area contributed by atoms with Gasteiger partial charge < -0.3 is 9.30 Å². The van der Waals surface area contributed by atoms with Gasteiger partial charge in [-0.1, -0.05) is 19.1 Å². The number of sulfone groups is 1. The summed E-state index contributed by atoms with van der Waals surface area (Å²) in [4.78, 5) is 11.6.